The summed E-state index contributed by atoms with van der Waals surface area (Å²) in [6, 6.07) is 3.42. The Kier molecular flexibility index (Phi) is 4.00. The summed E-state index contributed by atoms with van der Waals surface area (Å²) in [5, 5.41) is 5.96. The second-order valence-electron chi connectivity index (χ2n) is 4.93. The molecule has 1 saturated heterocycles. The van der Waals surface area contributed by atoms with Crippen LogP contribution in [-0.4, -0.2) is 31.1 Å². The van der Waals surface area contributed by atoms with Gasteiger partial charge in [-0.2, -0.15) is 0 Å². The fraction of sp³-hybridized carbons (Fsp3) is 0.692. The molecule has 0 radical (unpaired) electrons. The number of piperidine rings is 1. The third-order valence-electron chi connectivity index (χ3n) is 3.50. The smallest absolute Gasteiger partial charge is 0.0390 e. The standard InChI is InChI=1S/C13H22N2S/c1-10-6-9-16-13(10)11(2)14-12-4-7-15(3)8-5-12/h6,9,11-12,14H,4-5,7-8H2,1-3H3. The van der Waals surface area contributed by atoms with E-state index in [1.165, 1.54) is 36.4 Å². The van der Waals surface area contributed by atoms with Crippen LogP contribution in [0.3, 0.4) is 0 Å². The molecule has 1 fully saturated rings. The normalized spacial score (nSPS) is 21.2. The molecule has 1 aromatic heterocycles. The number of hydrogen-bond donors (Lipinski definition) is 1. The van der Waals surface area contributed by atoms with Gasteiger partial charge in [-0.25, -0.2) is 0 Å². The van der Waals surface area contributed by atoms with Crippen molar-refractivity contribution in [2.75, 3.05) is 20.1 Å². The van der Waals surface area contributed by atoms with Gasteiger partial charge in [0.05, 0.1) is 0 Å². The lowest BCUT2D eigenvalue weighted by atomic mass is 10.0. The quantitative estimate of drug-likeness (QED) is 0.871. The van der Waals surface area contributed by atoms with Gasteiger partial charge in [-0.15, -0.1) is 11.3 Å². The van der Waals surface area contributed by atoms with E-state index < -0.39 is 0 Å². The molecule has 0 bridgehead atoms. The summed E-state index contributed by atoms with van der Waals surface area (Å²) in [4.78, 5) is 3.91. The Morgan fingerprint density at radius 1 is 1.44 bits per heavy atom. The van der Waals surface area contributed by atoms with Gasteiger partial charge in [-0.05, 0) is 63.8 Å². The van der Waals surface area contributed by atoms with Crippen LogP contribution < -0.4 is 5.32 Å². The lowest BCUT2D eigenvalue weighted by Gasteiger charge is -2.31. The molecule has 3 heteroatoms. The first-order valence-electron chi connectivity index (χ1n) is 6.15. The van der Waals surface area contributed by atoms with Gasteiger partial charge in [0.2, 0.25) is 0 Å². The summed E-state index contributed by atoms with van der Waals surface area (Å²) in [5.74, 6) is 0. The van der Waals surface area contributed by atoms with Crippen molar-refractivity contribution >= 4 is 11.3 Å². The predicted molar refractivity (Wildman–Crippen MR) is 71.1 cm³/mol. The highest BCUT2D eigenvalue weighted by atomic mass is 32.1. The van der Waals surface area contributed by atoms with Crippen molar-refractivity contribution in [3.63, 3.8) is 0 Å². The van der Waals surface area contributed by atoms with Crippen molar-refractivity contribution in [1.82, 2.24) is 10.2 Å². The molecule has 0 saturated carbocycles. The van der Waals surface area contributed by atoms with Gasteiger partial charge in [0, 0.05) is 17.0 Å². The van der Waals surface area contributed by atoms with E-state index in [1.807, 2.05) is 11.3 Å². The van der Waals surface area contributed by atoms with E-state index >= 15 is 0 Å². The summed E-state index contributed by atoms with van der Waals surface area (Å²) >= 11 is 1.87. The third-order valence-corrected chi connectivity index (χ3v) is 4.70. The Morgan fingerprint density at radius 2 is 2.12 bits per heavy atom. The van der Waals surface area contributed by atoms with Crippen molar-refractivity contribution < 1.29 is 0 Å². The highest BCUT2D eigenvalue weighted by Crippen LogP contribution is 2.24. The number of nitrogens with one attached hydrogen (secondary N) is 1. The van der Waals surface area contributed by atoms with Gasteiger partial charge in [0.1, 0.15) is 0 Å². The van der Waals surface area contributed by atoms with E-state index in [0.717, 1.165) is 0 Å². The number of thiophene rings is 1. The van der Waals surface area contributed by atoms with E-state index in [9.17, 15) is 0 Å². The monoisotopic (exact) mass is 238 g/mol. The lowest BCUT2D eigenvalue weighted by Crippen LogP contribution is -2.41. The minimum atomic E-state index is 0.508. The molecule has 1 N–H and O–H groups in total. The maximum Gasteiger partial charge on any atom is 0.0390 e. The molecule has 16 heavy (non-hydrogen) atoms. The Hall–Kier alpha value is -0.380. The molecule has 1 aliphatic rings. The number of hydrogen-bond acceptors (Lipinski definition) is 3. The van der Waals surface area contributed by atoms with Gasteiger partial charge in [-0.3, -0.25) is 0 Å². The summed E-state index contributed by atoms with van der Waals surface area (Å²) in [6.07, 6.45) is 2.57. The van der Waals surface area contributed by atoms with Crippen LogP contribution in [0.1, 0.15) is 36.2 Å². The van der Waals surface area contributed by atoms with Crippen LogP contribution >= 0.6 is 11.3 Å². The van der Waals surface area contributed by atoms with E-state index in [-0.39, 0.29) is 0 Å². The molecule has 2 rings (SSSR count). The third kappa shape index (κ3) is 2.84. The maximum absolute atomic E-state index is 3.77. The number of nitrogens with zero attached hydrogens (tertiary/aromatic N) is 1. The van der Waals surface area contributed by atoms with Gasteiger partial charge >= 0.3 is 0 Å². The molecular weight excluding hydrogens is 216 g/mol. The van der Waals surface area contributed by atoms with Crippen molar-refractivity contribution in [3.8, 4) is 0 Å². The molecule has 0 amide bonds. The van der Waals surface area contributed by atoms with Gasteiger partial charge in [-0.1, -0.05) is 0 Å². The Bertz CT molecular complexity index is 326. The van der Waals surface area contributed by atoms with Gasteiger partial charge < -0.3 is 10.2 Å². The van der Waals surface area contributed by atoms with Crippen molar-refractivity contribution in [3.05, 3.63) is 21.9 Å². The topological polar surface area (TPSA) is 15.3 Å². The van der Waals surface area contributed by atoms with Crippen molar-refractivity contribution in [1.29, 1.82) is 0 Å². The average molecular weight is 238 g/mol. The van der Waals surface area contributed by atoms with Crippen LogP contribution in [0.15, 0.2) is 11.4 Å². The molecule has 1 aliphatic heterocycles. The highest BCUT2D eigenvalue weighted by Gasteiger charge is 2.19. The zero-order valence-corrected chi connectivity index (χ0v) is 11.3. The maximum atomic E-state index is 3.77. The first-order valence-corrected chi connectivity index (χ1v) is 7.03. The van der Waals surface area contributed by atoms with Crippen LogP contribution in [0.2, 0.25) is 0 Å². The number of aryl methyl sites for hydroxylation is 1. The van der Waals surface area contributed by atoms with Crippen LogP contribution in [0, 0.1) is 6.92 Å². The number of likely N-dealkylation sites (tertiary alicyclic amines) is 1. The SMILES string of the molecule is Cc1ccsc1C(C)NC1CCN(C)CC1. The first kappa shape index (κ1) is 12.1. The Balaban J connectivity index is 1.88. The molecule has 0 aliphatic carbocycles. The number of rotatable bonds is 3. The summed E-state index contributed by atoms with van der Waals surface area (Å²) < 4.78 is 0. The van der Waals surface area contributed by atoms with E-state index in [1.54, 1.807) is 0 Å². The average Bonchev–Trinajstić information content (AvgIpc) is 2.68. The second kappa shape index (κ2) is 5.30. The zero-order chi connectivity index (χ0) is 11.5. The van der Waals surface area contributed by atoms with E-state index in [4.69, 9.17) is 0 Å². The van der Waals surface area contributed by atoms with Crippen molar-refractivity contribution in [2.45, 2.75) is 38.8 Å². The summed E-state index contributed by atoms with van der Waals surface area (Å²) in [7, 11) is 2.21. The molecule has 0 aromatic carbocycles. The minimum absolute atomic E-state index is 0.508. The largest absolute Gasteiger partial charge is 0.307 e. The van der Waals surface area contributed by atoms with Crippen LogP contribution in [0.25, 0.3) is 0 Å². The molecule has 2 nitrogen and oxygen atoms in total. The minimum Gasteiger partial charge on any atom is -0.307 e. The Labute approximate surface area is 103 Å². The highest BCUT2D eigenvalue weighted by molar-refractivity contribution is 7.10. The summed E-state index contributed by atoms with van der Waals surface area (Å²) in [5.41, 5.74) is 1.43. The molecule has 90 valence electrons. The van der Waals surface area contributed by atoms with Crippen LogP contribution in [0.5, 0.6) is 0 Å². The van der Waals surface area contributed by atoms with Crippen molar-refractivity contribution in [2.24, 2.45) is 0 Å². The van der Waals surface area contributed by atoms with E-state index in [0.29, 0.717) is 12.1 Å². The van der Waals surface area contributed by atoms with Gasteiger partial charge in [0.25, 0.3) is 0 Å². The Morgan fingerprint density at radius 3 is 2.69 bits per heavy atom. The van der Waals surface area contributed by atoms with Gasteiger partial charge in [0.15, 0.2) is 0 Å². The molecule has 2 heterocycles. The molecular formula is C13H22N2S. The zero-order valence-electron chi connectivity index (χ0n) is 10.5. The molecule has 0 spiro atoms. The molecule has 1 atom stereocenters. The second-order valence-corrected chi connectivity index (χ2v) is 5.88. The predicted octanol–water partition coefficient (Wildman–Crippen LogP) is 2.80. The summed E-state index contributed by atoms with van der Waals surface area (Å²) in [6.45, 7) is 6.96. The fourth-order valence-electron chi connectivity index (χ4n) is 2.43. The fourth-order valence-corrected chi connectivity index (χ4v) is 3.38. The molecule has 1 unspecified atom stereocenters. The van der Waals surface area contributed by atoms with E-state index in [2.05, 4.69) is 42.6 Å². The first-order chi connectivity index (χ1) is 7.66. The molecule has 1 aromatic rings. The van der Waals surface area contributed by atoms with Crippen LogP contribution in [-0.2, 0) is 0 Å². The lowest BCUT2D eigenvalue weighted by molar-refractivity contribution is 0.227. The van der Waals surface area contributed by atoms with Crippen LogP contribution in [0.4, 0.5) is 0 Å².